The van der Waals surface area contributed by atoms with Crippen molar-refractivity contribution in [2.75, 3.05) is 32.0 Å². The van der Waals surface area contributed by atoms with Crippen LogP contribution in [0.1, 0.15) is 35.2 Å². The highest BCUT2D eigenvalue weighted by atomic mass is 16.5. The van der Waals surface area contributed by atoms with E-state index in [-0.39, 0.29) is 5.56 Å². The number of nitrogens with zero attached hydrogens (tertiary/aromatic N) is 1. The molecule has 5 heteroatoms. The van der Waals surface area contributed by atoms with Crippen LogP contribution in [0.15, 0.2) is 12.1 Å². The molecule has 0 bridgehead atoms. The maximum absolute atomic E-state index is 11.1. The molecule has 0 radical (unpaired) electrons. The Morgan fingerprint density at radius 1 is 1.35 bits per heavy atom. The number of likely N-dealkylation sites (tertiary alicyclic amines) is 1. The van der Waals surface area contributed by atoms with Gasteiger partial charge in [-0.25, -0.2) is 4.79 Å². The fraction of sp³-hybridized carbons (Fsp3) is 0.533. The predicted molar refractivity (Wildman–Crippen MR) is 78.3 cm³/mol. The first-order valence-electron chi connectivity index (χ1n) is 7.06. The van der Waals surface area contributed by atoms with Crippen LogP contribution in [-0.2, 0) is 0 Å². The maximum atomic E-state index is 11.1. The summed E-state index contributed by atoms with van der Waals surface area (Å²) in [5.41, 5.74) is 6.90. The van der Waals surface area contributed by atoms with Crippen LogP contribution in [0.2, 0.25) is 0 Å². The van der Waals surface area contributed by atoms with E-state index in [1.54, 1.807) is 13.0 Å². The molecule has 0 aromatic heterocycles. The number of hydrogen-bond acceptors (Lipinski definition) is 4. The van der Waals surface area contributed by atoms with Gasteiger partial charge in [-0.05, 0) is 50.6 Å². The Bertz CT molecular complexity index is 482. The number of aromatic carboxylic acids is 1. The van der Waals surface area contributed by atoms with E-state index in [1.807, 2.05) is 0 Å². The normalized spacial score (nSPS) is 16.1. The minimum atomic E-state index is -1.02. The number of aryl methyl sites for hydroxylation is 1. The standard InChI is InChI=1S/C15H22N2O3/c1-11-9-12(10-13(14(11)16)15(18)19)20-8-7-17-5-3-2-4-6-17/h9-10H,2-8,16H2,1H3,(H,18,19). The molecule has 0 amide bonds. The summed E-state index contributed by atoms with van der Waals surface area (Å²) in [5, 5.41) is 9.10. The molecule has 1 aromatic rings. The summed E-state index contributed by atoms with van der Waals surface area (Å²) in [4.78, 5) is 13.5. The Morgan fingerprint density at radius 3 is 2.70 bits per heavy atom. The van der Waals surface area contributed by atoms with Gasteiger partial charge < -0.3 is 15.6 Å². The molecular weight excluding hydrogens is 256 g/mol. The van der Waals surface area contributed by atoms with Crippen molar-refractivity contribution >= 4 is 11.7 Å². The summed E-state index contributed by atoms with van der Waals surface area (Å²) in [6.07, 6.45) is 3.82. The number of rotatable bonds is 5. The van der Waals surface area contributed by atoms with Crippen molar-refractivity contribution in [3.8, 4) is 5.75 Å². The van der Waals surface area contributed by atoms with E-state index in [4.69, 9.17) is 15.6 Å². The highest BCUT2D eigenvalue weighted by Crippen LogP contribution is 2.24. The minimum Gasteiger partial charge on any atom is -0.492 e. The predicted octanol–water partition coefficient (Wildman–Crippen LogP) is 2.14. The van der Waals surface area contributed by atoms with Gasteiger partial charge in [0.2, 0.25) is 0 Å². The smallest absolute Gasteiger partial charge is 0.337 e. The molecule has 0 spiro atoms. The fourth-order valence-corrected chi connectivity index (χ4v) is 2.50. The minimum absolute atomic E-state index is 0.109. The van der Waals surface area contributed by atoms with Gasteiger partial charge in [0.05, 0.1) is 5.56 Å². The number of nitrogen functional groups attached to an aromatic ring is 1. The topological polar surface area (TPSA) is 75.8 Å². The Kier molecular flexibility index (Phi) is 4.84. The third-order valence-electron chi connectivity index (χ3n) is 3.72. The van der Waals surface area contributed by atoms with Crippen LogP contribution in [0.5, 0.6) is 5.75 Å². The van der Waals surface area contributed by atoms with Gasteiger partial charge in [-0.15, -0.1) is 0 Å². The molecule has 1 aliphatic rings. The van der Waals surface area contributed by atoms with Crippen LogP contribution >= 0.6 is 0 Å². The van der Waals surface area contributed by atoms with E-state index in [1.165, 1.54) is 25.3 Å². The molecule has 0 atom stereocenters. The van der Waals surface area contributed by atoms with Crippen LogP contribution in [0.4, 0.5) is 5.69 Å². The third kappa shape index (κ3) is 3.63. The van der Waals surface area contributed by atoms with Crippen molar-refractivity contribution in [2.45, 2.75) is 26.2 Å². The molecule has 5 nitrogen and oxygen atoms in total. The number of carboxylic acids is 1. The summed E-state index contributed by atoms with van der Waals surface area (Å²) in [6.45, 7) is 5.50. The Labute approximate surface area is 119 Å². The summed E-state index contributed by atoms with van der Waals surface area (Å²) in [6, 6.07) is 3.29. The first kappa shape index (κ1) is 14.7. The monoisotopic (exact) mass is 278 g/mol. The van der Waals surface area contributed by atoms with Crippen molar-refractivity contribution in [3.63, 3.8) is 0 Å². The van der Waals surface area contributed by atoms with Gasteiger partial charge in [-0.1, -0.05) is 6.42 Å². The molecule has 3 N–H and O–H groups in total. The molecule has 1 saturated heterocycles. The highest BCUT2D eigenvalue weighted by molar-refractivity contribution is 5.95. The maximum Gasteiger partial charge on any atom is 0.337 e. The zero-order valence-electron chi connectivity index (χ0n) is 11.9. The first-order valence-corrected chi connectivity index (χ1v) is 7.06. The lowest BCUT2D eigenvalue weighted by molar-refractivity contribution is 0.0697. The first-order chi connectivity index (χ1) is 9.58. The number of benzene rings is 1. The molecular formula is C15H22N2O3. The molecule has 1 aliphatic heterocycles. The summed E-state index contributed by atoms with van der Waals surface area (Å²) in [5.74, 6) is -0.446. The zero-order chi connectivity index (χ0) is 14.5. The summed E-state index contributed by atoms with van der Waals surface area (Å²) >= 11 is 0. The van der Waals surface area contributed by atoms with Gasteiger partial charge in [0.1, 0.15) is 12.4 Å². The van der Waals surface area contributed by atoms with Gasteiger partial charge in [0.15, 0.2) is 0 Å². The van der Waals surface area contributed by atoms with E-state index in [0.29, 0.717) is 18.0 Å². The molecule has 1 aromatic carbocycles. The van der Waals surface area contributed by atoms with Gasteiger partial charge in [-0.2, -0.15) is 0 Å². The molecule has 1 heterocycles. The molecule has 110 valence electrons. The van der Waals surface area contributed by atoms with Gasteiger partial charge in [0.25, 0.3) is 0 Å². The number of carbonyl (C=O) groups is 1. The Balaban J connectivity index is 1.93. The van der Waals surface area contributed by atoms with Crippen LogP contribution in [0, 0.1) is 6.92 Å². The second-order valence-corrected chi connectivity index (χ2v) is 5.26. The van der Waals surface area contributed by atoms with E-state index < -0.39 is 5.97 Å². The van der Waals surface area contributed by atoms with E-state index in [0.717, 1.165) is 25.2 Å². The van der Waals surface area contributed by atoms with E-state index in [2.05, 4.69) is 4.90 Å². The molecule has 0 saturated carbocycles. The Hall–Kier alpha value is -1.75. The van der Waals surface area contributed by atoms with Crippen molar-refractivity contribution in [3.05, 3.63) is 23.3 Å². The second kappa shape index (κ2) is 6.61. The van der Waals surface area contributed by atoms with Crippen LogP contribution in [-0.4, -0.2) is 42.2 Å². The number of hydrogen-bond donors (Lipinski definition) is 2. The number of ether oxygens (including phenoxy) is 1. The average Bonchev–Trinajstić information content (AvgIpc) is 2.43. The molecule has 0 unspecified atom stereocenters. The van der Waals surface area contributed by atoms with E-state index >= 15 is 0 Å². The van der Waals surface area contributed by atoms with Crippen LogP contribution in [0.3, 0.4) is 0 Å². The van der Waals surface area contributed by atoms with Crippen LogP contribution < -0.4 is 10.5 Å². The molecule has 20 heavy (non-hydrogen) atoms. The zero-order valence-corrected chi connectivity index (χ0v) is 11.9. The molecule has 2 rings (SSSR count). The van der Waals surface area contributed by atoms with Gasteiger partial charge in [-0.3, -0.25) is 4.90 Å². The highest BCUT2D eigenvalue weighted by Gasteiger charge is 2.13. The lowest BCUT2D eigenvalue weighted by Gasteiger charge is -2.26. The van der Waals surface area contributed by atoms with E-state index in [9.17, 15) is 4.79 Å². The lowest BCUT2D eigenvalue weighted by Crippen LogP contribution is -2.33. The molecule has 0 aliphatic carbocycles. The number of nitrogens with two attached hydrogens (primary N) is 1. The van der Waals surface area contributed by atoms with Gasteiger partial charge >= 0.3 is 5.97 Å². The average molecular weight is 278 g/mol. The van der Waals surface area contributed by atoms with Crippen molar-refractivity contribution in [2.24, 2.45) is 0 Å². The number of piperidine rings is 1. The quantitative estimate of drug-likeness (QED) is 0.807. The summed E-state index contributed by atoms with van der Waals surface area (Å²) < 4.78 is 5.67. The van der Waals surface area contributed by atoms with Crippen LogP contribution in [0.25, 0.3) is 0 Å². The largest absolute Gasteiger partial charge is 0.492 e. The second-order valence-electron chi connectivity index (χ2n) is 5.26. The number of carboxylic acid groups (broad SMARTS) is 1. The lowest BCUT2D eigenvalue weighted by atomic mass is 10.1. The third-order valence-corrected chi connectivity index (χ3v) is 3.72. The Morgan fingerprint density at radius 2 is 2.05 bits per heavy atom. The van der Waals surface area contributed by atoms with Crippen molar-refractivity contribution in [1.82, 2.24) is 4.90 Å². The summed E-state index contributed by atoms with van der Waals surface area (Å²) in [7, 11) is 0. The SMILES string of the molecule is Cc1cc(OCCN2CCCCC2)cc(C(=O)O)c1N. The molecule has 1 fully saturated rings. The van der Waals surface area contributed by atoms with Crippen molar-refractivity contribution in [1.29, 1.82) is 0 Å². The van der Waals surface area contributed by atoms with Gasteiger partial charge in [0, 0.05) is 12.2 Å². The van der Waals surface area contributed by atoms with Crippen molar-refractivity contribution < 1.29 is 14.6 Å². The number of anilines is 1. The fourth-order valence-electron chi connectivity index (χ4n) is 2.50.